The molecule has 4 heteroatoms. The van der Waals surface area contributed by atoms with E-state index >= 15 is 0 Å². The van der Waals surface area contributed by atoms with Crippen molar-refractivity contribution in [1.29, 1.82) is 0 Å². The van der Waals surface area contributed by atoms with Gasteiger partial charge in [0.05, 0.1) is 26.4 Å². The molecule has 126 valence electrons. The van der Waals surface area contributed by atoms with Gasteiger partial charge in [0, 0.05) is 7.11 Å². The molecule has 0 aromatic heterocycles. The fourth-order valence-corrected chi connectivity index (χ4v) is 2.48. The number of hydrogen-bond donors (Lipinski definition) is 1. The van der Waals surface area contributed by atoms with Crippen LogP contribution in [-0.4, -0.2) is 32.2 Å². The highest BCUT2D eigenvalue weighted by atomic mass is 16.7. The summed E-state index contributed by atoms with van der Waals surface area (Å²) in [5.74, 6) is 0.810. The minimum Gasteiger partial charge on any atom is -0.392 e. The van der Waals surface area contributed by atoms with Crippen LogP contribution in [0.4, 0.5) is 0 Å². The van der Waals surface area contributed by atoms with Crippen LogP contribution in [0.3, 0.4) is 0 Å². The molecule has 4 nitrogen and oxygen atoms in total. The first-order valence-electron chi connectivity index (χ1n) is 7.92. The number of aliphatic hydroxyl groups excluding tert-OH is 1. The Morgan fingerprint density at radius 1 is 0.909 bits per heavy atom. The zero-order valence-electron chi connectivity index (χ0n) is 14.5. The summed E-state index contributed by atoms with van der Waals surface area (Å²) in [6.45, 7) is 10.6. The molecule has 0 spiro atoms. The van der Waals surface area contributed by atoms with E-state index in [4.69, 9.17) is 14.2 Å². The Balaban J connectivity index is 2.79. The van der Waals surface area contributed by atoms with E-state index < -0.39 is 0 Å². The Hall–Kier alpha value is -0.940. The first-order valence-corrected chi connectivity index (χ1v) is 7.92. The van der Waals surface area contributed by atoms with Crippen LogP contribution in [-0.2, 0) is 27.4 Å². The van der Waals surface area contributed by atoms with Crippen molar-refractivity contribution in [2.75, 3.05) is 27.1 Å². The Morgan fingerprint density at radius 2 is 1.55 bits per heavy atom. The largest absolute Gasteiger partial charge is 0.392 e. The van der Waals surface area contributed by atoms with Gasteiger partial charge < -0.3 is 19.3 Å². The molecule has 0 aliphatic carbocycles. The van der Waals surface area contributed by atoms with Crippen LogP contribution in [0.15, 0.2) is 12.1 Å². The minimum atomic E-state index is 0.0588. The summed E-state index contributed by atoms with van der Waals surface area (Å²) in [7, 11) is 1.64. The van der Waals surface area contributed by atoms with Crippen LogP contribution < -0.4 is 0 Å². The summed E-state index contributed by atoms with van der Waals surface area (Å²) in [4.78, 5) is 0. The Kier molecular flexibility index (Phi) is 8.64. The van der Waals surface area contributed by atoms with Crippen molar-refractivity contribution in [2.45, 2.75) is 52.7 Å². The van der Waals surface area contributed by atoms with Gasteiger partial charge in [0.2, 0.25) is 0 Å². The Bertz CT molecular complexity index is 441. The predicted octanol–water partition coefficient (Wildman–Crippen LogP) is 3.56. The van der Waals surface area contributed by atoms with Crippen molar-refractivity contribution in [3.63, 3.8) is 0 Å². The molecule has 1 N–H and O–H groups in total. The van der Waals surface area contributed by atoms with Crippen molar-refractivity contribution >= 4 is 0 Å². The number of benzene rings is 1. The summed E-state index contributed by atoms with van der Waals surface area (Å²) in [5.41, 5.74) is 4.60. The van der Waals surface area contributed by atoms with Crippen molar-refractivity contribution in [2.24, 2.45) is 0 Å². The lowest BCUT2D eigenvalue weighted by Gasteiger charge is -2.20. The van der Waals surface area contributed by atoms with Gasteiger partial charge in [0.25, 0.3) is 0 Å². The lowest BCUT2D eigenvalue weighted by atomic mass is 9.88. The molecule has 1 rings (SSSR count). The van der Waals surface area contributed by atoms with E-state index in [-0.39, 0.29) is 13.4 Å². The molecule has 0 atom stereocenters. The lowest BCUT2D eigenvalue weighted by Crippen LogP contribution is -2.09. The molecule has 0 unspecified atom stereocenters. The van der Waals surface area contributed by atoms with Crippen LogP contribution in [0, 0.1) is 0 Å². The maximum atomic E-state index is 9.61. The zero-order valence-corrected chi connectivity index (χ0v) is 14.5. The first kappa shape index (κ1) is 19.1. The quantitative estimate of drug-likeness (QED) is 0.530. The number of rotatable bonds is 10. The summed E-state index contributed by atoms with van der Waals surface area (Å²) in [6, 6.07) is 4.28. The van der Waals surface area contributed by atoms with Crippen LogP contribution >= 0.6 is 0 Å². The Morgan fingerprint density at radius 3 is 2.09 bits per heavy atom. The third-order valence-electron chi connectivity index (χ3n) is 3.67. The maximum absolute atomic E-state index is 9.61. The molecule has 0 fully saturated rings. The monoisotopic (exact) mass is 310 g/mol. The molecule has 0 saturated heterocycles. The second kappa shape index (κ2) is 9.95. The van der Waals surface area contributed by atoms with Crippen molar-refractivity contribution in [1.82, 2.24) is 0 Å². The molecular formula is C18H30O4. The normalized spacial score (nSPS) is 11.6. The van der Waals surface area contributed by atoms with E-state index in [0.29, 0.717) is 31.7 Å². The molecule has 22 heavy (non-hydrogen) atoms. The van der Waals surface area contributed by atoms with E-state index in [1.807, 2.05) is 0 Å². The molecule has 1 aromatic rings. The molecule has 0 amide bonds. The highest BCUT2D eigenvalue weighted by Crippen LogP contribution is 2.29. The number of aliphatic hydroxyl groups is 1. The highest BCUT2D eigenvalue weighted by molar-refractivity contribution is 5.41. The predicted molar refractivity (Wildman–Crippen MR) is 88.0 cm³/mol. The molecule has 0 bridgehead atoms. The minimum absolute atomic E-state index is 0.0588. The molecule has 1 aromatic carbocycles. The summed E-state index contributed by atoms with van der Waals surface area (Å²) >= 11 is 0. The molecular weight excluding hydrogens is 280 g/mol. The SMILES string of the molecule is COCCOCOCc1cc(CO)c(C(C)C)cc1C(C)C. The van der Waals surface area contributed by atoms with Crippen LogP contribution in [0.5, 0.6) is 0 Å². The molecule has 0 radical (unpaired) electrons. The second-order valence-electron chi connectivity index (χ2n) is 6.08. The summed E-state index contributed by atoms with van der Waals surface area (Å²) in [6.07, 6.45) is 0. The molecule has 0 heterocycles. The highest BCUT2D eigenvalue weighted by Gasteiger charge is 2.14. The smallest absolute Gasteiger partial charge is 0.147 e. The fraction of sp³-hybridized carbons (Fsp3) is 0.667. The van der Waals surface area contributed by atoms with Gasteiger partial charge in [-0.15, -0.1) is 0 Å². The average molecular weight is 310 g/mol. The Labute approximate surface area is 134 Å². The van der Waals surface area contributed by atoms with Gasteiger partial charge in [-0.1, -0.05) is 39.8 Å². The second-order valence-corrected chi connectivity index (χ2v) is 6.08. The standard InChI is InChI=1S/C18H30O4/c1-13(2)17-9-18(14(3)4)16(8-15(17)10-19)11-22-12-21-7-6-20-5/h8-9,13-14,19H,6-7,10-12H2,1-5H3. The topological polar surface area (TPSA) is 47.9 Å². The maximum Gasteiger partial charge on any atom is 0.147 e. The number of hydrogen-bond acceptors (Lipinski definition) is 4. The first-order chi connectivity index (χ1) is 10.5. The number of ether oxygens (including phenoxy) is 3. The van der Waals surface area contributed by atoms with Gasteiger partial charge in [-0.2, -0.15) is 0 Å². The van der Waals surface area contributed by atoms with Gasteiger partial charge in [-0.3, -0.25) is 0 Å². The fourth-order valence-electron chi connectivity index (χ4n) is 2.48. The van der Waals surface area contributed by atoms with Gasteiger partial charge in [-0.05, 0) is 34.1 Å². The molecule has 0 saturated carbocycles. The zero-order chi connectivity index (χ0) is 16.5. The molecule has 0 aliphatic heterocycles. The van der Waals surface area contributed by atoms with Gasteiger partial charge >= 0.3 is 0 Å². The van der Waals surface area contributed by atoms with E-state index in [1.54, 1.807) is 7.11 Å². The van der Waals surface area contributed by atoms with Crippen molar-refractivity contribution < 1.29 is 19.3 Å². The summed E-state index contributed by atoms with van der Waals surface area (Å²) < 4.78 is 15.8. The molecule has 0 aliphatic rings. The van der Waals surface area contributed by atoms with Crippen molar-refractivity contribution in [3.05, 3.63) is 34.4 Å². The van der Waals surface area contributed by atoms with E-state index in [1.165, 1.54) is 11.1 Å². The third kappa shape index (κ3) is 5.69. The van der Waals surface area contributed by atoms with Crippen LogP contribution in [0.2, 0.25) is 0 Å². The third-order valence-corrected chi connectivity index (χ3v) is 3.67. The lowest BCUT2D eigenvalue weighted by molar-refractivity contribution is -0.0726. The van der Waals surface area contributed by atoms with Crippen molar-refractivity contribution in [3.8, 4) is 0 Å². The van der Waals surface area contributed by atoms with E-state index in [2.05, 4.69) is 39.8 Å². The van der Waals surface area contributed by atoms with Gasteiger partial charge in [0.1, 0.15) is 6.79 Å². The van der Waals surface area contributed by atoms with E-state index in [0.717, 1.165) is 11.1 Å². The van der Waals surface area contributed by atoms with Crippen LogP contribution in [0.25, 0.3) is 0 Å². The summed E-state index contributed by atoms with van der Waals surface area (Å²) in [5, 5.41) is 9.61. The number of methoxy groups -OCH3 is 1. The van der Waals surface area contributed by atoms with Gasteiger partial charge in [-0.25, -0.2) is 0 Å². The van der Waals surface area contributed by atoms with E-state index in [9.17, 15) is 5.11 Å². The average Bonchev–Trinajstić information content (AvgIpc) is 2.49. The van der Waals surface area contributed by atoms with Crippen LogP contribution in [0.1, 0.15) is 61.8 Å². The van der Waals surface area contributed by atoms with Gasteiger partial charge in [0.15, 0.2) is 0 Å².